The highest BCUT2D eigenvalue weighted by atomic mass is 16.2. The van der Waals surface area contributed by atoms with Crippen LogP contribution >= 0.6 is 0 Å². The number of para-hydroxylation sites is 2. The third-order valence-electron chi connectivity index (χ3n) is 6.72. The first-order valence-corrected chi connectivity index (χ1v) is 12.1. The molecule has 3 nitrogen and oxygen atoms in total. The van der Waals surface area contributed by atoms with E-state index in [2.05, 4.69) is 89.6 Å². The monoisotopic (exact) mass is 446 g/mol. The van der Waals surface area contributed by atoms with Gasteiger partial charge >= 0.3 is 0 Å². The van der Waals surface area contributed by atoms with Crippen LogP contribution in [0.2, 0.25) is 0 Å². The fourth-order valence-corrected chi connectivity index (χ4v) is 5.06. The Kier molecular flexibility index (Phi) is 6.44. The highest BCUT2D eigenvalue weighted by molar-refractivity contribution is 6.04. The first kappa shape index (κ1) is 22.0. The average molecular weight is 447 g/mol. The molecule has 2 aliphatic rings. The normalized spacial score (nSPS) is 18.0. The molecule has 0 saturated heterocycles. The smallest absolute Gasteiger partial charge is 0.247 e. The molecule has 1 heterocycles. The van der Waals surface area contributed by atoms with E-state index in [0.29, 0.717) is 6.42 Å². The van der Waals surface area contributed by atoms with Gasteiger partial charge in [-0.15, -0.1) is 0 Å². The van der Waals surface area contributed by atoms with E-state index in [4.69, 9.17) is 0 Å². The van der Waals surface area contributed by atoms with Crippen LogP contribution in [-0.2, 0) is 11.2 Å². The van der Waals surface area contributed by atoms with Gasteiger partial charge in [0.25, 0.3) is 0 Å². The minimum atomic E-state index is -0.331. The molecule has 2 atom stereocenters. The molecule has 1 N–H and O–H groups in total. The maximum absolute atomic E-state index is 13.4. The van der Waals surface area contributed by atoms with Crippen molar-refractivity contribution in [2.75, 3.05) is 10.2 Å². The first-order chi connectivity index (χ1) is 16.7. The number of hydrogen-bond acceptors (Lipinski definition) is 2. The summed E-state index contributed by atoms with van der Waals surface area (Å²) in [5, 5.41) is 3.14. The molecule has 0 aromatic heterocycles. The van der Waals surface area contributed by atoms with Gasteiger partial charge in [-0.3, -0.25) is 4.79 Å². The van der Waals surface area contributed by atoms with Crippen molar-refractivity contribution in [3.63, 3.8) is 0 Å². The SMILES string of the molecule is C=C(C(C1=CCCC=C1)c1ccccc1)N1c2ccccc2NC(=O)C1CCc1ccccc1. The number of nitrogens with one attached hydrogen (secondary N) is 1. The largest absolute Gasteiger partial charge is 0.331 e. The Balaban J connectivity index is 1.56. The van der Waals surface area contributed by atoms with Crippen LogP contribution < -0.4 is 10.2 Å². The van der Waals surface area contributed by atoms with Gasteiger partial charge in [-0.05, 0) is 54.5 Å². The minimum absolute atomic E-state index is 0.0177. The summed E-state index contributed by atoms with van der Waals surface area (Å²) in [6, 6.07) is 28.6. The third kappa shape index (κ3) is 4.47. The molecule has 5 rings (SSSR count). The maximum atomic E-state index is 13.4. The lowest BCUT2D eigenvalue weighted by Crippen LogP contribution is -2.48. The molecule has 3 heteroatoms. The number of carbonyl (C=O) groups excluding carboxylic acids is 1. The fraction of sp³-hybridized carbons (Fsp3) is 0.194. The summed E-state index contributed by atoms with van der Waals surface area (Å²) in [5.74, 6) is 0.00619. The van der Waals surface area contributed by atoms with Crippen molar-refractivity contribution in [2.24, 2.45) is 0 Å². The van der Waals surface area contributed by atoms with Gasteiger partial charge in [0, 0.05) is 11.6 Å². The highest BCUT2D eigenvalue weighted by Crippen LogP contribution is 2.43. The van der Waals surface area contributed by atoms with Crippen molar-refractivity contribution in [1.82, 2.24) is 0 Å². The van der Waals surface area contributed by atoms with Crippen LogP contribution in [0.1, 0.15) is 36.3 Å². The van der Waals surface area contributed by atoms with E-state index in [0.717, 1.165) is 36.3 Å². The van der Waals surface area contributed by atoms with E-state index in [1.165, 1.54) is 16.7 Å². The summed E-state index contributed by atoms with van der Waals surface area (Å²) in [6.07, 6.45) is 10.4. The predicted octanol–water partition coefficient (Wildman–Crippen LogP) is 7.02. The van der Waals surface area contributed by atoms with E-state index in [-0.39, 0.29) is 17.9 Å². The molecule has 0 spiro atoms. The number of allylic oxidation sites excluding steroid dienone is 4. The molecule has 0 bridgehead atoms. The molecule has 170 valence electrons. The Morgan fingerprint density at radius 3 is 2.38 bits per heavy atom. The number of benzene rings is 3. The predicted molar refractivity (Wildman–Crippen MR) is 141 cm³/mol. The van der Waals surface area contributed by atoms with E-state index in [1.54, 1.807) is 0 Å². The Bertz CT molecular complexity index is 1230. The molecule has 3 aromatic carbocycles. The van der Waals surface area contributed by atoms with Crippen LogP contribution in [0.15, 0.2) is 121 Å². The zero-order valence-electron chi connectivity index (χ0n) is 19.4. The van der Waals surface area contributed by atoms with Gasteiger partial charge in [-0.25, -0.2) is 0 Å². The quantitative estimate of drug-likeness (QED) is 0.423. The third-order valence-corrected chi connectivity index (χ3v) is 6.72. The van der Waals surface area contributed by atoms with Crippen LogP contribution in [-0.4, -0.2) is 11.9 Å². The standard InChI is InChI=1S/C31H30N2O/c1-23(30(25-15-7-3-8-16-25)26-17-9-4-10-18-26)33-28-20-12-11-19-27(28)32-31(34)29(33)22-21-24-13-5-2-6-14-24/h2-3,5-9,11-20,29-30H,1,4,10,21-22H2,(H,32,34). The maximum Gasteiger partial charge on any atom is 0.247 e. The molecule has 3 aromatic rings. The Morgan fingerprint density at radius 2 is 1.65 bits per heavy atom. The number of fused-ring (bicyclic) bond motifs is 1. The van der Waals surface area contributed by atoms with Crippen LogP contribution in [0, 0.1) is 0 Å². The van der Waals surface area contributed by atoms with Gasteiger partial charge < -0.3 is 10.2 Å². The van der Waals surface area contributed by atoms with Crippen molar-refractivity contribution >= 4 is 17.3 Å². The number of hydrogen-bond donors (Lipinski definition) is 1. The number of rotatable bonds is 7. The average Bonchev–Trinajstić information content (AvgIpc) is 2.89. The Morgan fingerprint density at radius 1 is 0.941 bits per heavy atom. The molecular weight excluding hydrogens is 416 g/mol. The van der Waals surface area contributed by atoms with Crippen LogP contribution in [0.25, 0.3) is 0 Å². The van der Waals surface area contributed by atoms with Gasteiger partial charge in [0.2, 0.25) is 5.91 Å². The lowest BCUT2D eigenvalue weighted by Gasteiger charge is -2.42. The van der Waals surface area contributed by atoms with Gasteiger partial charge in [-0.1, -0.05) is 97.6 Å². The summed E-state index contributed by atoms with van der Waals surface area (Å²) in [6.45, 7) is 4.64. The van der Waals surface area contributed by atoms with Crippen molar-refractivity contribution in [3.8, 4) is 0 Å². The zero-order chi connectivity index (χ0) is 23.3. The summed E-state index contributed by atoms with van der Waals surface area (Å²) in [4.78, 5) is 15.6. The Hall–Kier alpha value is -3.85. The number of anilines is 2. The van der Waals surface area contributed by atoms with Crippen LogP contribution in [0.5, 0.6) is 0 Å². The second kappa shape index (κ2) is 9.96. The van der Waals surface area contributed by atoms with Gasteiger partial charge in [-0.2, -0.15) is 0 Å². The highest BCUT2D eigenvalue weighted by Gasteiger charge is 2.37. The van der Waals surface area contributed by atoms with Crippen LogP contribution in [0.3, 0.4) is 0 Å². The Labute approximate surface area is 202 Å². The number of carbonyl (C=O) groups is 1. The lowest BCUT2D eigenvalue weighted by molar-refractivity contribution is -0.117. The molecule has 0 saturated carbocycles. The fourth-order valence-electron chi connectivity index (χ4n) is 5.06. The molecule has 0 fully saturated rings. The topological polar surface area (TPSA) is 32.3 Å². The summed E-state index contributed by atoms with van der Waals surface area (Å²) >= 11 is 0. The molecule has 1 aliphatic carbocycles. The van der Waals surface area contributed by atoms with Crippen molar-refractivity contribution in [1.29, 1.82) is 0 Å². The molecule has 2 unspecified atom stereocenters. The molecule has 34 heavy (non-hydrogen) atoms. The minimum Gasteiger partial charge on any atom is -0.331 e. The van der Waals surface area contributed by atoms with Crippen molar-refractivity contribution in [3.05, 3.63) is 132 Å². The summed E-state index contributed by atoms with van der Waals surface area (Å²) in [5.41, 5.74) is 6.45. The van der Waals surface area contributed by atoms with Crippen molar-refractivity contribution < 1.29 is 4.79 Å². The van der Waals surface area contributed by atoms with E-state index >= 15 is 0 Å². The van der Waals surface area contributed by atoms with Gasteiger partial charge in [0.1, 0.15) is 6.04 Å². The van der Waals surface area contributed by atoms with Crippen LogP contribution in [0.4, 0.5) is 11.4 Å². The van der Waals surface area contributed by atoms with Crippen molar-refractivity contribution in [2.45, 2.75) is 37.6 Å². The molecular formula is C31H30N2O. The van der Waals surface area contributed by atoms with Gasteiger partial charge in [0.05, 0.1) is 11.4 Å². The van der Waals surface area contributed by atoms with E-state index in [1.807, 2.05) is 30.3 Å². The molecule has 0 radical (unpaired) electrons. The molecule has 1 aliphatic heterocycles. The van der Waals surface area contributed by atoms with Gasteiger partial charge in [0.15, 0.2) is 0 Å². The number of amides is 1. The summed E-state index contributed by atoms with van der Waals surface area (Å²) < 4.78 is 0. The summed E-state index contributed by atoms with van der Waals surface area (Å²) in [7, 11) is 0. The second-order valence-corrected chi connectivity index (χ2v) is 8.94. The van der Waals surface area contributed by atoms with E-state index < -0.39 is 0 Å². The first-order valence-electron chi connectivity index (χ1n) is 12.1. The molecule has 1 amide bonds. The number of nitrogens with zero attached hydrogens (tertiary/aromatic N) is 1. The number of aryl methyl sites for hydroxylation is 1. The second-order valence-electron chi connectivity index (χ2n) is 8.94. The zero-order valence-corrected chi connectivity index (χ0v) is 19.4. The lowest BCUT2D eigenvalue weighted by atomic mass is 9.84. The van der Waals surface area contributed by atoms with E-state index in [9.17, 15) is 4.79 Å².